The lowest BCUT2D eigenvalue weighted by atomic mass is 10.1. The predicted octanol–water partition coefficient (Wildman–Crippen LogP) is 2.97. The molecule has 0 fully saturated rings. The average Bonchev–Trinajstić information content (AvgIpc) is 2.09. The first-order valence-corrected chi connectivity index (χ1v) is 9.54. The fourth-order valence-corrected chi connectivity index (χ4v) is 4.17. The van der Waals surface area contributed by atoms with Crippen molar-refractivity contribution in [1.82, 2.24) is 0 Å². The van der Waals surface area contributed by atoms with E-state index >= 15 is 0 Å². The molecule has 1 rings (SSSR count). The van der Waals surface area contributed by atoms with E-state index in [2.05, 4.69) is 61.8 Å². The number of allylic oxidation sites excluding steroid dienone is 1. The normalized spacial score (nSPS) is 11.7. The first-order chi connectivity index (χ1) is 5.38. The van der Waals surface area contributed by atoms with Crippen LogP contribution in [0.2, 0.25) is 0 Å². The molecule has 0 aromatic heterocycles. The molecule has 0 N–H and O–H groups in total. The molecule has 0 aliphatic rings. The van der Waals surface area contributed by atoms with Gasteiger partial charge in [-0.05, 0) is 0 Å². The third-order valence-corrected chi connectivity index (χ3v) is 5.66. The molecule has 1 atom stereocenters. The Morgan fingerprint density at radius 2 is 2.00 bits per heavy atom. The second-order valence-corrected chi connectivity index (χ2v) is 6.24. The number of rotatable bonds is 3. The predicted molar refractivity (Wildman–Crippen MR) is 59.2 cm³/mol. The van der Waals surface area contributed by atoms with E-state index < -0.39 is 0 Å². The lowest BCUT2D eigenvalue weighted by Crippen LogP contribution is -1.97. The van der Waals surface area contributed by atoms with Crippen molar-refractivity contribution in [1.29, 1.82) is 0 Å². The van der Waals surface area contributed by atoms with Gasteiger partial charge in [0, 0.05) is 0 Å². The molecule has 0 heterocycles. The van der Waals surface area contributed by atoms with E-state index in [1.165, 1.54) is 5.56 Å². The highest BCUT2D eigenvalue weighted by atomic mass is 127. The van der Waals surface area contributed by atoms with Gasteiger partial charge in [-0.25, -0.2) is 0 Å². The monoisotopic (exact) mass is 268 g/mol. The highest BCUT2D eigenvalue weighted by Crippen LogP contribution is 2.16. The number of benzene rings is 1. The molecular weight excluding hydrogens is 259 g/mol. The molecule has 1 aromatic rings. The second-order valence-electron chi connectivity index (χ2n) is 2.41. The summed E-state index contributed by atoms with van der Waals surface area (Å²) in [5, 5.41) is 0. The lowest BCUT2D eigenvalue weighted by Gasteiger charge is -2.06. The van der Waals surface area contributed by atoms with Crippen molar-refractivity contribution in [3.05, 3.63) is 48.6 Å². The molecule has 0 saturated carbocycles. The van der Waals surface area contributed by atoms with Gasteiger partial charge < -0.3 is 0 Å². The first-order valence-electron chi connectivity index (χ1n) is 3.62. The molecule has 0 bridgehead atoms. The van der Waals surface area contributed by atoms with E-state index in [0.717, 1.165) is 0 Å². The Kier molecular flexibility index (Phi) is 4.48. The summed E-state index contributed by atoms with van der Waals surface area (Å²) in [4.78, 5) is 0. The Morgan fingerprint density at radius 1 is 1.36 bits per heavy atom. The topological polar surface area (TPSA) is 0 Å². The molecule has 0 saturated heterocycles. The van der Waals surface area contributed by atoms with Crippen molar-refractivity contribution in [3.63, 3.8) is 0 Å². The average molecular weight is 268 g/mol. The zero-order chi connectivity index (χ0) is 8.10. The number of hydrogen-bond acceptors (Lipinski definition) is 0. The highest BCUT2D eigenvalue weighted by molar-refractivity contribution is 14.1. The summed E-state index contributed by atoms with van der Waals surface area (Å²) >= 11 is 2.50. The van der Waals surface area contributed by atoms with Crippen LogP contribution in [0.1, 0.15) is 9.61 Å². The maximum atomic E-state index is 3.84. The minimum Gasteiger partial charge on any atom is -0.300 e. The minimum absolute atomic E-state index is 0.0184. The van der Waals surface area contributed by atoms with Crippen LogP contribution in [-0.4, -0.2) is 16.5 Å². The molecule has 2 heteroatoms. The van der Waals surface area contributed by atoms with Crippen LogP contribution in [0.5, 0.6) is 0 Å². The Morgan fingerprint density at radius 3 is 2.45 bits per heavy atom. The van der Waals surface area contributed by atoms with E-state index in [1.54, 1.807) is 0 Å². The van der Waals surface area contributed by atoms with Crippen LogP contribution in [-0.2, 0) is 0 Å². The van der Waals surface area contributed by atoms with Gasteiger partial charge in [0.05, 0.1) is 0 Å². The van der Waals surface area contributed by atoms with Gasteiger partial charge in [0.15, 0.2) is 0 Å². The summed E-state index contributed by atoms with van der Waals surface area (Å²) in [6.45, 7) is 3.84. The van der Waals surface area contributed by atoms with Crippen molar-refractivity contribution in [3.8, 4) is 0 Å². The van der Waals surface area contributed by atoms with Crippen LogP contribution >= 0.6 is 18.9 Å². The largest absolute Gasteiger partial charge is 0.477 e. The van der Waals surface area contributed by atoms with Crippen LogP contribution < -0.4 is 0 Å². The zero-order valence-corrected chi connectivity index (χ0v) is 9.91. The maximum absolute atomic E-state index is 3.84. The van der Waals surface area contributed by atoms with E-state index in [4.69, 9.17) is 0 Å². The Bertz CT molecular complexity index is 220. The van der Waals surface area contributed by atoms with E-state index in [-0.39, 0.29) is 16.5 Å². The van der Waals surface area contributed by atoms with Crippen LogP contribution in [0.4, 0.5) is 0 Å². The van der Waals surface area contributed by atoms with Crippen molar-refractivity contribution >= 4 is 35.3 Å². The summed E-state index contributed by atoms with van der Waals surface area (Å²) in [5.41, 5.74) is 1.42. The van der Waals surface area contributed by atoms with Crippen molar-refractivity contribution in [2.75, 3.05) is 0 Å². The van der Waals surface area contributed by atoms with Gasteiger partial charge in [0.25, 0.3) is 0 Å². The molecular formula is C9H9IMg. The van der Waals surface area contributed by atoms with Crippen molar-refractivity contribution in [2.24, 2.45) is 0 Å². The van der Waals surface area contributed by atoms with Gasteiger partial charge in [0.1, 0.15) is 0 Å². The van der Waals surface area contributed by atoms with Gasteiger partial charge in [-0.3, -0.25) is 18.9 Å². The fourth-order valence-electron chi connectivity index (χ4n) is 0.988. The Balaban J connectivity index is 2.82. The molecule has 0 aliphatic carbocycles. The lowest BCUT2D eigenvalue weighted by molar-refractivity contribution is 1.22. The van der Waals surface area contributed by atoms with E-state index in [0.29, 0.717) is 4.05 Å². The third kappa shape index (κ3) is 2.76. The molecule has 54 valence electrons. The molecule has 0 aliphatic heterocycles. The molecule has 1 unspecified atom stereocenters. The molecule has 11 heavy (non-hydrogen) atoms. The van der Waals surface area contributed by atoms with Crippen LogP contribution in [0.25, 0.3) is 0 Å². The van der Waals surface area contributed by atoms with E-state index in [9.17, 15) is 0 Å². The molecule has 0 spiro atoms. The summed E-state index contributed by atoms with van der Waals surface area (Å²) in [7, 11) is 0. The fraction of sp³-hybridized carbons (Fsp3) is 0.111. The minimum atomic E-state index is -0.0184. The smallest absolute Gasteiger partial charge is 0.300 e. The summed E-state index contributed by atoms with van der Waals surface area (Å²) < 4.78 is 0.650. The van der Waals surface area contributed by atoms with Gasteiger partial charge in [-0.2, -0.15) is 0 Å². The maximum Gasteiger partial charge on any atom is 0.477 e. The SMILES string of the molecule is C=C[CH]([Mg][I])c1ccccc1. The van der Waals surface area contributed by atoms with Crippen LogP contribution in [0.3, 0.4) is 0 Å². The quantitative estimate of drug-likeness (QED) is 0.449. The number of hydrogen-bond donors (Lipinski definition) is 0. The summed E-state index contributed by atoms with van der Waals surface area (Å²) in [6.07, 6.45) is 2.06. The van der Waals surface area contributed by atoms with Crippen LogP contribution in [0, 0.1) is 0 Å². The van der Waals surface area contributed by atoms with E-state index in [1.807, 2.05) is 0 Å². The molecule has 0 radical (unpaired) electrons. The molecule has 1 aromatic carbocycles. The van der Waals surface area contributed by atoms with Gasteiger partial charge in [-0.15, -0.1) is 12.7 Å². The molecule has 0 nitrogen and oxygen atoms in total. The van der Waals surface area contributed by atoms with Crippen molar-refractivity contribution in [2.45, 2.75) is 4.05 Å². The Hall–Kier alpha value is 0.456. The summed E-state index contributed by atoms with van der Waals surface area (Å²) in [6, 6.07) is 10.6. The molecule has 0 amide bonds. The van der Waals surface area contributed by atoms with Crippen molar-refractivity contribution < 1.29 is 0 Å². The third-order valence-electron chi connectivity index (χ3n) is 1.68. The van der Waals surface area contributed by atoms with Gasteiger partial charge in [0.2, 0.25) is 0 Å². The standard InChI is InChI=1S/C9H9.HI.Mg/c1-2-6-9-7-4-3-5-8-9;;/h2-8H,1H2;1H;/q;;+1/p-1. The van der Waals surface area contributed by atoms with Gasteiger partial charge >= 0.3 is 16.5 Å². The highest BCUT2D eigenvalue weighted by Gasteiger charge is 2.06. The second kappa shape index (κ2) is 5.16. The zero-order valence-electron chi connectivity index (χ0n) is 6.33. The first kappa shape index (κ1) is 9.54. The summed E-state index contributed by atoms with van der Waals surface area (Å²) in [5.74, 6) is 0. The van der Waals surface area contributed by atoms with Crippen LogP contribution in [0.15, 0.2) is 43.0 Å². The Labute approximate surface area is 87.2 Å². The number of halogens is 1. The van der Waals surface area contributed by atoms with Gasteiger partial charge in [-0.1, -0.05) is 39.9 Å².